The number of hydrogen-bond donors (Lipinski definition) is 0. The van der Waals surface area contributed by atoms with Crippen LogP contribution in [0, 0.1) is 23.7 Å². The third-order valence-corrected chi connectivity index (χ3v) is 7.03. The average Bonchev–Trinajstić information content (AvgIpc) is 2.85. The molecule has 2 bridgehead atoms. The Morgan fingerprint density at radius 2 is 2.11 bits per heavy atom. The van der Waals surface area contributed by atoms with Crippen LogP contribution in [0.5, 0.6) is 0 Å². The summed E-state index contributed by atoms with van der Waals surface area (Å²) in [4.78, 5) is 12.0. The summed E-state index contributed by atoms with van der Waals surface area (Å²) < 4.78 is 33.1. The van der Waals surface area contributed by atoms with Gasteiger partial charge in [0.05, 0.1) is 13.2 Å². The van der Waals surface area contributed by atoms with Crippen molar-refractivity contribution >= 4 is 16.1 Å². The Morgan fingerprint density at radius 3 is 2.67 bits per heavy atom. The zero-order valence-corrected chi connectivity index (χ0v) is 11.6. The first-order valence-electron chi connectivity index (χ1n) is 6.36. The van der Waals surface area contributed by atoms with Gasteiger partial charge in [0.15, 0.2) is 4.75 Å². The van der Waals surface area contributed by atoms with E-state index in [0.29, 0.717) is 12.3 Å². The lowest BCUT2D eigenvalue weighted by Crippen LogP contribution is -2.49. The second-order valence-electron chi connectivity index (χ2n) is 6.02. The molecule has 0 spiro atoms. The fourth-order valence-corrected chi connectivity index (χ4v) is 6.49. The Labute approximate surface area is 107 Å². The normalized spacial score (nSPS) is 47.8. The quantitative estimate of drug-likeness (QED) is 0.553. The topological polar surface area (TPSA) is 69.7 Å². The summed E-state index contributed by atoms with van der Waals surface area (Å²) >= 11 is 0. The van der Waals surface area contributed by atoms with Crippen molar-refractivity contribution < 1.29 is 22.1 Å². The molecular weight excluding hydrogens is 256 g/mol. The molecule has 2 aliphatic carbocycles. The van der Waals surface area contributed by atoms with Crippen LogP contribution in [0.1, 0.15) is 26.7 Å². The van der Waals surface area contributed by atoms with Crippen LogP contribution in [0.25, 0.3) is 0 Å². The molecule has 2 saturated carbocycles. The highest BCUT2D eigenvalue weighted by Crippen LogP contribution is 2.64. The Bertz CT molecular complexity index is 497. The maximum absolute atomic E-state index is 12.2. The van der Waals surface area contributed by atoms with Crippen molar-refractivity contribution in [3.63, 3.8) is 0 Å². The second kappa shape index (κ2) is 3.48. The Hall–Kier alpha value is -0.620. The summed E-state index contributed by atoms with van der Waals surface area (Å²) in [6.07, 6.45) is 0.807. The highest BCUT2D eigenvalue weighted by molar-refractivity contribution is 7.89. The number of carbonyl (C=O) groups excluding carboxylic acids is 1. The van der Waals surface area contributed by atoms with Gasteiger partial charge in [-0.3, -0.25) is 8.98 Å². The SMILES string of the molecule is COC(=O)C12CC3CC1C(OS2(=O)=O)C3C(C)C. The minimum Gasteiger partial charge on any atom is -0.468 e. The zero-order chi connectivity index (χ0) is 13.3. The first-order valence-corrected chi connectivity index (χ1v) is 7.77. The van der Waals surface area contributed by atoms with Gasteiger partial charge in [-0.2, -0.15) is 8.42 Å². The molecule has 1 heterocycles. The van der Waals surface area contributed by atoms with Gasteiger partial charge < -0.3 is 4.74 Å². The largest absolute Gasteiger partial charge is 0.468 e. The molecule has 5 unspecified atom stereocenters. The third kappa shape index (κ3) is 1.16. The Morgan fingerprint density at radius 1 is 1.44 bits per heavy atom. The van der Waals surface area contributed by atoms with Crippen LogP contribution in [-0.2, 0) is 23.8 Å². The average molecular weight is 274 g/mol. The van der Waals surface area contributed by atoms with E-state index in [-0.39, 0.29) is 23.9 Å². The molecule has 0 aromatic carbocycles. The molecule has 18 heavy (non-hydrogen) atoms. The first kappa shape index (κ1) is 12.4. The van der Waals surface area contributed by atoms with E-state index in [1.807, 2.05) is 0 Å². The van der Waals surface area contributed by atoms with Crippen molar-refractivity contribution in [2.75, 3.05) is 7.11 Å². The lowest BCUT2D eigenvalue weighted by atomic mass is 9.74. The molecule has 5 nitrogen and oxygen atoms in total. The van der Waals surface area contributed by atoms with E-state index in [0.717, 1.165) is 6.42 Å². The van der Waals surface area contributed by atoms with Crippen molar-refractivity contribution in [1.29, 1.82) is 0 Å². The number of hydrogen-bond acceptors (Lipinski definition) is 5. The van der Waals surface area contributed by atoms with E-state index in [4.69, 9.17) is 8.92 Å². The molecule has 0 aromatic rings. The number of fused-ring (bicyclic) bond motifs is 1. The van der Waals surface area contributed by atoms with Crippen molar-refractivity contribution in [3.8, 4) is 0 Å². The molecule has 0 radical (unpaired) electrons. The van der Waals surface area contributed by atoms with Crippen molar-refractivity contribution in [3.05, 3.63) is 0 Å². The van der Waals surface area contributed by atoms with Crippen LogP contribution >= 0.6 is 0 Å². The maximum atomic E-state index is 12.2. The molecule has 0 N–H and O–H groups in total. The van der Waals surface area contributed by atoms with Gasteiger partial charge in [0.25, 0.3) is 10.1 Å². The van der Waals surface area contributed by atoms with Crippen LogP contribution in [0.4, 0.5) is 0 Å². The van der Waals surface area contributed by atoms with Crippen LogP contribution in [0.3, 0.4) is 0 Å². The van der Waals surface area contributed by atoms with Gasteiger partial charge in [-0.25, -0.2) is 0 Å². The fourth-order valence-electron chi connectivity index (χ4n) is 4.45. The minimum absolute atomic E-state index is 0.215. The van der Waals surface area contributed by atoms with E-state index in [2.05, 4.69) is 13.8 Å². The highest BCUT2D eigenvalue weighted by Gasteiger charge is 2.76. The van der Waals surface area contributed by atoms with E-state index in [1.165, 1.54) is 7.11 Å². The zero-order valence-electron chi connectivity index (χ0n) is 10.8. The standard InChI is InChI=1S/C12H18O5S/c1-6(2)9-7-4-8-10(9)17-18(14,15)12(8,5-7)11(13)16-3/h6-10H,4-5H2,1-3H3. The second-order valence-corrected chi connectivity index (χ2v) is 7.85. The third-order valence-electron chi connectivity index (χ3n) is 5.03. The first-order chi connectivity index (χ1) is 8.35. The fraction of sp³-hybridized carbons (Fsp3) is 0.917. The number of methoxy groups -OCH3 is 1. The van der Waals surface area contributed by atoms with Gasteiger partial charge in [0.2, 0.25) is 0 Å². The smallest absolute Gasteiger partial charge is 0.330 e. The van der Waals surface area contributed by atoms with Crippen molar-refractivity contribution in [2.45, 2.75) is 37.5 Å². The predicted octanol–water partition coefficient (Wildman–Crippen LogP) is 0.939. The van der Waals surface area contributed by atoms with Crippen LogP contribution in [-0.4, -0.2) is 32.3 Å². The van der Waals surface area contributed by atoms with Crippen LogP contribution < -0.4 is 0 Å². The van der Waals surface area contributed by atoms with Gasteiger partial charge in [-0.15, -0.1) is 0 Å². The monoisotopic (exact) mass is 274 g/mol. The molecule has 3 rings (SSSR count). The predicted molar refractivity (Wildman–Crippen MR) is 63.1 cm³/mol. The molecule has 0 aromatic heterocycles. The molecule has 6 heteroatoms. The molecule has 102 valence electrons. The molecular formula is C12H18O5S. The van der Waals surface area contributed by atoms with E-state index >= 15 is 0 Å². The lowest BCUT2D eigenvalue weighted by Gasteiger charge is -2.32. The number of ether oxygens (including phenoxy) is 1. The van der Waals surface area contributed by atoms with Crippen molar-refractivity contribution in [1.82, 2.24) is 0 Å². The van der Waals surface area contributed by atoms with Crippen LogP contribution in [0.2, 0.25) is 0 Å². The van der Waals surface area contributed by atoms with Gasteiger partial charge in [0, 0.05) is 5.92 Å². The van der Waals surface area contributed by atoms with E-state index in [1.54, 1.807) is 0 Å². The van der Waals surface area contributed by atoms with Crippen molar-refractivity contribution in [2.24, 2.45) is 23.7 Å². The summed E-state index contributed by atoms with van der Waals surface area (Å²) in [5.41, 5.74) is 0. The summed E-state index contributed by atoms with van der Waals surface area (Å²) in [5.74, 6) is 0.0161. The lowest BCUT2D eigenvalue weighted by molar-refractivity contribution is -0.145. The molecule has 1 saturated heterocycles. The summed E-state index contributed by atoms with van der Waals surface area (Å²) in [7, 11) is -2.60. The van der Waals surface area contributed by atoms with Gasteiger partial charge in [-0.1, -0.05) is 13.8 Å². The molecule has 3 aliphatic rings. The van der Waals surface area contributed by atoms with Gasteiger partial charge in [-0.05, 0) is 30.6 Å². The summed E-state index contributed by atoms with van der Waals surface area (Å²) in [6, 6.07) is 0. The minimum atomic E-state index is -3.85. The molecule has 0 amide bonds. The van der Waals surface area contributed by atoms with Gasteiger partial charge >= 0.3 is 5.97 Å². The Balaban J connectivity index is 2.09. The summed E-state index contributed by atoms with van der Waals surface area (Å²) in [6.45, 7) is 4.17. The molecule has 5 atom stereocenters. The molecule has 1 aliphatic heterocycles. The number of carbonyl (C=O) groups is 1. The van der Waals surface area contributed by atoms with Gasteiger partial charge in [0.1, 0.15) is 0 Å². The van der Waals surface area contributed by atoms with E-state index < -0.39 is 20.8 Å². The summed E-state index contributed by atoms with van der Waals surface area (Å²) in [5, 5.41) is 0. The number of rotatable bonds is 2. The number of esters is 1. The van der Waals surface area contributed by atoms with E-state index in [9.17, 15) is 13.2 Å². The molecule has 3 fully saturated rings. The van der Waals surface area contributed by atoms with Crippen LogP contribution in [0.15, 0.2) is 0 Å². The Kier molecular flexibility index (Phi) is 2.40. The highest BCUT2D eigenvalue weighted by atomic mass is 32.2. The maximum Gasteiger partial charge on any atom is 0.330 e.